The van der Waals surface area contributed by atoms with Crippen LogP contribution in [0.2, 0.25) is 0 Å². The highest BCUT2D eigenvalue weighted by Crippen LogP contribution is 2.31. The van der Waals surface area contributed by atoms with Crippen LogP contribution in [0.15, 0.2) is 45.9 Å². The molecule has 0 bridgehead atoms. The Kier molecular flexibility index (Phi) is 6.20. The second-order valence-corrected chi connectivity index (χ2v) is 6.97. The maximum absolute atomic E-state index is 12.3. The molecule has 1 aliphatic carbocycles. The van der Waals surface area contributed by atoms with Crippen LogP contribution in [0.3, 0.4) is 0 Å². The molecule has 0 radical (unpaired) electrons. The van der Waals surface area contributed by atoms with Crippen LogP contribution < -0.4 is 5.32 Å². The second-order valence-electron chi connectivity index (χ2n) is 6.97. The van der Waals surface area contributed by atoms with Gasteiger partial charge in [-0.2, -0.15) is 0 Å². The highest BCUT2D eigenvalue weighted by atomic mass is 16.5. The van der Waals surface area contributed by atoms with Crippen LogP contribution in [0.5, 0.6) is 0 Å². The van der Waals surface area contributed by atoms with Crippen molar-refractivity contribution in [3.63, 3.8) is 0 Å². The Morgan fingerprint density at radius 3 is 2.89 bits per heavy atom. The van der Waals surface area contributed by atoms with E-state index < -0.39 is 6.10 Å². The zero-order valence-electron chi connectivity index (χ0n) is 16.0. The summed E-state index contributed by atoms with van der Waals surface area (Å²) in [6.07, 6.45) is 8.73. The standard InChI is InChI=1S/C20H24N4O4/c1-4-5-6-7-12(2)16-11-17(28-24-16)19(26)21-15-8-14(9-15)10-18-22-23-20(27-18)13(3)25/h4-7,11,13-15,25H,1,8-10H2,2-3H3,(H,21,26)/b6-5-,12-7+/t13-,14?,15?/m1/s1. The Morgan fingerprint density at radius 1 is 1.43 bits per heavy atom. The number of hydrogen-bond donors (Lipinski definition) is 2. The summed E-state index contributed by atoms with van der Waals surface area (Å²) in [5.41, 5.74) is 1.51. The maximum atomic E-state index is 12.3. The minimum Gasteiger partial charge on any atom is -0.422 e. The summed E-state index contributed by atoms with van der Waals surface area (Å²) < 4.78 is 10.6. The van der Waals surface area contributed by atoms with Crippen LogP contribution in [-0.2, 0) is 6.42 Å². The number of carbonyl (C=O) groups excluding carboxylic acids is 1. The van der Waals surface area contributed by atoms with Crippen molar-refractivity contribution in [2.45, 2.75) is 45.3 Å². The Morgan fingerprint density at radius 2 is 2.21 bits per heavy atom. The minimum atomic E-state index is -0.766. The van der Waals surface area contributed by atoms with Gasteiger partial charge in [0.15, 0.2) is 0 Å². The number of carbonyl (C=O) groups is 1. The molecule has 1 atom stereocenters. The summed E-state index contributed by atoms with van der Waals surface area (Å²) in [4.78, 5) is 12.3. The smallest absolute Gasteiger partial charge is 0.290 e. The van der Waals surface area contributed by atoms with E-state index in [-0.39, 0.29) is 23.6 Å². The molecule has 2 heterocycles. The maximum Gasteiger partial charge on any atom is 0.290 e. The van der Waals surface area contributed by atoms with Gasteiger partial charge in [-0.05, 0) is 38.2 Å². The largest absolute Gasteiger partial charge is 0.422 e. The van der Waals surface area contributed by atoms with Gasteiger partial charge in [0.2, 0.25) is 17.5 Å². The van der Waals surface area contributed by atoms with Gasteiger partial charge in [0, 0.05) is 18.5 Å². The fraction of sp³-hybridized carbons (Fsp3) is 0.400. The Hall–Kier alpha value is -3.00. The van der Waals surface area contributed by atoms with Gasteiger partial charge >= 0.3 is 0 Å². The zero-order chi connectivity index (χ0) is 20.1. The van der Waals surface area contributed by atoms with E-state index in [2.05, 4.69) is 27.2 Å². The van der Waals surface area contributed by atoms with E-state index in [9.17, 15) is 9.90 Å². The van der Waals surface area contributed by atoms with Crippen molar-refractivity contribution in [1.29, 1.82) is 0 Å². The van der Waals surface area contributed by atoms with E-state index in [0.717, 1.165) is 18.4 Å². The number of aliphatic hydroxyl groups excluding tert-OH is 1. The lowest BCUT2D eigenvalue weighted by Gasteiger charge is -2.34. The average molecular weight is 384 g/mol. The molecule has 0 unspecified atom stereocenters. The number of nitrogens with zero attached hydrogens (tertiary/aromatic N) is 3. The number of amides is 1. The molecule has 2 aromatic heterocycles. The van der Waals surface area contributed by atoms with E-state index in [1.807, 2.05) is 25.2 Å². The van der Waals surface area contributed by atoms with Gasteiger partial charge in [0.05, 0.1) is 0 Å². The van der Waals surface area contributed by atoms with Crippen LogP contribution in [-0.4, -0.2) is 32.4 Å². The van der Waals surface area contributed by atoms with Gasteiger partial charge in [-0.1, -0.05) is 36.0 Å². The van der Waals surface area contributed by atoms with Gasteiger partial charge in [0.25, 0.3) is 5.91 Å². The van der Waals surface area contributed by atoms with E-state index in [0.29, 0.717) is 23.9 Å². The summed E-state index contributed by atoms with van der Waals surface area (Å²) in [6.45, 7) is 7.08. The highest BCUT2D eigenvalue weighted by molar-refractivity contribution is 5.92. The fourth-order valence-electron chi connectivity index (χ4n) is 2.97. The van der Waals surface area contributed by atoms with E-state index in [1.165, 1.54) is 0 Å². The van der Waals surface area contributed by atoms with Crippen LogP contribution in [0, 0.1) is 5.92 Å². The number of rotatable bonds is 8. The molecular weight excluding hydrogens is 360 g/mol. The molecule has 8 heteroatoms. The van der Waals surface area contributed by atoms with Gasteiger partial charge in [-0.25, -0.2) is 0 Å². The molecule has 3 rings (SSSR count). The molecule has 1 amide bonds. The van der Waals surface area contributed by atoms with Crippen molar-refractivity contribution < 1.29 is 18.8 Å². The average Bonchev–Trinajstić information content (AvgIpc) is 3.29. The molecule has 0 saturated heterocycles. The summed E-state index contributed by atoms with van der Waals surface area (Å²) in [5, 5.41) is 24.0. The summed E-state index contributed by atoms with van der Waals surface area (Å²) in [6, 6.07) is 1.71. The van der Waals surface area contributed by atoms with Gasteiger partial charge in [0.1, 0.15) is 11.8 Å². The second kappa shape index (κ2) is 8.79. The lowest BCUT2D eigenvalue weighted by molar-refractivity contribution is 0.0848. The SMILES string of the molecule is C=C/C=C\C=C(/C)c1cc(C(=O)NC2CC(Cc3nnc([C@@H](C)O)o3)C2)on1. The predicted molar refractivity (Wildman–Crippen MR) is 102 cm³/mol. The predicted octanol–water partition coefficient (Wildman–Crippen LogP) is 3.01. The van der Waals surface area contributed by atoms with Crippen LogP contribution >= 0.6 is 0 Å². The van der Waals surface area contributed by atoms with E-state index >= 15 is 0 Å². The van der Waals surface area contributed by atoms with Crippen molar-refractivity contribution in [2.24, 2.45) is 5.92 Å². The normalized spacial score (nSPS) is 20.8. The highest BCUT2D eigenvalue weighted by Gasteiger charge is 2.32. The first kappa shape index (κ1) is 19.8. The van der Waals surface area contributed by atoms with Gasteiger partial charge in [-0.3, -0.25) is 4.79 Å². The van der Waals surface area contributed by atoms with E-state index in [4.69, 9.17) is 8.94 Å². The quantitative estimate of drug-likeness (QED) is 0.672. The number of hydrogen-bond acceptors (Lipinski definition) is 7. The monoisotopic (exact) mass is 384 g/mol. The third kappa shape index (κ3) is 4.83. The van der Waals surface area contributed by atoms with Crippen molar-refractivity contribution in [2.75, 3.05) is 0 Å². The molecule has 1 saturated carbocycles. The fourth-order valence-corrected chi connectivity index (χ4v) is 2.97. The third-order valence-corrected chi connectivity index (χ3v) is 4.61. The number of aromatic nitrogens is 3. The van der Waals surface area contributed by atoms with Crippen LogP contribution in [0.25, 0.3) is 5.57 Å². The molecule has 0 spiro atoms. The molecule has 148 valence electrons. The van der Waals surface area contributed by atoms with E-state index in [1.54, 1.807) is 19.1 Å². The number of allylic oxidation sites excluding steroid dienone is 5. The first-order valence-electron chi connectivity index (χ1n) is 9.20. The van der Waals surface area contributed by atoms with Crippen LogP contribution in [0.4, 0.5) is 0 Å². The molecule has 28 heavy (non-hydrogen) atoms. The van der Waals surface area contributed by atoms with Gasteiger partial charge < -0.3 is 19.4 Å². The summed E-state index contributed by atoms with van der Waals surface area (Å²) >= 11 is 0. The Bertz CT molecular complexity index is 888. The topological polar surface area (TPSA) is 114 Å². The molecule has 2 N–H and O–H groups in total. The Balaban J connectivity index is 1.47. The van der Waals surface area contributed by atoms with Crippen molar-refractivity contribution >= 4 is 11.5 Å². The minimum absolute atomic E-state index is 0.0809. The molecule has 0 aliphatic heterocycles. The zero-order valence-corrected chi connectivity index (χ0v) is 16.0. The molecule has 0 aromatic carbocycles. The first-order chi connectivity index (χ1) is 13.5. The molecule has 1 fully saturated rings. The van der Waals surface area contributed by atoms with Gasteiger partial charge in [-0.15, -0.1) is 10.2 Å². The third-order valence-electron chi connectivity index (χ3n) is 4.61. The molecular formula is C20H24N4O4. The lowest BCUT2D eigenvalue weighted by Crippen LogP contribution is -2.44. The Labute approximate surface area is 163 Å². The lowest BCUT2D eigenvalue weighted by atomic mass is 9.78. The number of aliphatic hydroxyl groups is 1. The van der Waals surface area contributed by atoms with Crippen molar-refractivity contribution in [1.82, 2.24) is 20.7 Å². The van der Waals surface area contributed by atoms with Crippen molar-refractivity contribution in [3.8, 4) is 0 Å². The van der Waals surface area contributed by atoms with Crippen molar-refractivity contribution in [3.05, 3.63) is 60.2 Å². The summed E-state index contributed by atoms with van der Waals surface area (Å²) in [7, 11) is 0. The first-order valence-corrected chi connectivity index (χ1v) is 9.20. The molecule has 2 aromatic rings. The molecule has 8 nitrogen and oxygen atoms in total. The summed E-state index contributed by atoms with van der Waals surface area (Å²) in [5.74, 6) is 1.02. The van der Waals surface area contributed by atoms with Crippen LogP contribution in [0.1, 0.15) is 60.8 Å². The number of nitrogens with one attached hydrogen (secondary N) is 1. The molecule has 1 aliphatic rings.